The highest BCUT2D eigenvalue weighted by Gasteiger charge is 2.32. The molecule has 0 spiro atoms. The summed E-state index contributed by atoms with van der Waals surface area (Å²) in [6, 6.07) is 18.6. The van der Waals surface area contributed by atoms with Gasteiger partial charge in [0.15, 0.2) is 0 Å². The second-order valence-electron chi connectivity index (χ2n) is 9.03. The molecule has 1 aliphatic rings. The number of amides is 2. The van der Waals surface area contributed by atoms with E-state index >= 15 is 0 Å². The summed E-state index contributed by atoms with van der Waals surface area (Å²) in [4.78, 5) is 27.0. The topological polar surface area (TPSA) is 49.4 Å². The van der Waals surface area contributed by atoms with Crippen LogP contribution in [-0.4, -0.2) is 29.8 Å². The fourth-order valence-electron chi connectivity index (χ4n) is 3.83. The van der Waals surface area contributed by atoms with Gasteiger partial charge in [-0.15, -0.1) is 0 Å². The van der Waals surface area contributed by atoms with Crippen LogP contribution in [0.2, 0.25) is 0 Å². The first-order valence-electron chi connectivity index (χ1n) is 10.5. The molecule has 0 aliphatic carbocycles. The van der Waals surface area contributed by atoms with Crippen molar-refractivity contribution in [2.24, 2.45) is 11.3 Å². The second-order valence-corrected chi connectivity index (χ2v) is 9.03. The van der Waals surface area contributed by atoms with E-state index in [-0.39, 0.29) is 29.2 Å². The lowest BCUT2D eigenvalue weighted by molar-refractivity contribution is -0.142. The van der Waals surface area contributed by atoms with Crippen molar-refractivity contribution in [3.05, 3.63) is 60.2 Å². The van der Waals surface area contributed by atoms with Gasteiger partial charge < -0.3 is 10.2 Å². The minimum Gasteiger partial charge on any atom is -0.349 e. The lowest BCUT2D eigenvalue weighted by atomic mass is 9.90. The molecular formula is C25H32N2O2. The first-order valence-corrected chi connectivity index (χ1v) is 10.5. The van der Waals surface area contributed by atoms with Crippen LogP contribution in [0.25, 0.3) is 11.1 Å². The Hall–Kier alpha value is -2.62. The highest BCUT2D eigenvalue weighted by atomic mass is 16.2. The van der Waals surface area contributed by atoms with Crippen molar-refractivity contribution in [3.8, 4) is 11.1 Å². The Morgan fingerprint density at radius 3 is 2.03 bits per heavy atom. The van der Waals surface area contributed by atoms with Gasteiger partial charge in [-0.3, -0.25) is 9.59 Å². The number of piperidine rings is 1. The van der Waals surface area contributed by atoms with Gasteiger partial charge in [0.2, 0.25) is 11.8 Å². The first-order chi connectivity index (χ1) is 13.8. The smallest absolute Gasteiger partial charge is 0.227 e. The van der Waals surface area contributed by atoms with E-state index < -0.39 is 0 Å². The third kappa shape index (κ3) is 5.26. The number of nitrogens with one attached hydrogen (secondary N) is 1. The maximum Gasteiger partial charge on any atom is 0.227 e. The zero-order valence-electron chi connectivity index (χ0n) is 17.9. The minimum atomic E-state index is -0.366. The molecule has 2 amide bonds. The Morgan fingerprint density at radius 2 is 1.48 bits per heavy atom. The molecule has 0 saturated carbocycles. The maximum absolute atomic E-state index is 12.7. The molecule has 4 nitrogen and oxygen atoms in total. The molecule has 1 atom stereocenters. The molecule has 3 rings (SSSR count). The van der Waals surface area contributed by atoms with Crippen molar-refractivity contribution >= 4 is 11.8 Å². The van der Waals surface area contributed by atoms with Crippen LogP contribution in [-0.2, 0) is 9.59 Å². The largest absolute Gasteiger partial charge is 0.349 e. The van der Waals surface area contributed by atoms with Crippen molar-refractivity contribution in [2.45, 2.75) is 46.6 Å². The van der Waals surface area contributed by atoms with Gasteiger partial charge in [-0.05, 0) is 36.5 Å². The number of carbonyl (C=O) groups excluding carboxylic acids is 2. The average molecular weight is 393 g/mol. The summed E-state index contributed by atoms with van der Waals surface area (Å²) in [6.07, 6.45) is 1.46. The van der Waals surface area contributed by atoms with Crippen LogP contribution in [0.3, 0.4) is 0 Å². The SMILES string of the molecule is C[C@@H](NC(=O)C1CCN(C(=O)C(C)(C)C)CC1)c1ccc(-c2ccccc2)cc1. The summed E-state index contributed by atoms with van der Waals surface area (Å²) in [5.41, 5.74) is 3.09. The van der Waals surface area contributed by atoms with Gasteiger partial charge in [0, 0.05) is 24.4 Å². The van der Waals surface area contributed by atoms with E-state index in [1.807, 2.05) is 50.8 Å². The van der Waals surface area contributed by atoms with E-state index in [1.165, 1.54) is 11.1 Å². The van der Waals surface area contributed by atoms with Crippen LogP contribution in [0.15, 0.2) is 54.6 Å². The lowest BCUT2D eigenvalue weighted by Crippen LogP contribution is -2.46. The molecule has 1 saturated heterocycles. The van der Waals surface area contributed by atoms with Crippen molar-refractivity contribution in [2.75, 3.05) is 13.1 Å². The Labute approximate surface area is 174 Å². The number of carbonyl (C=O) groups is 2. The molecule has 1 fully saturated rings. The lowest BCUT2D eigenvalue weighted by Gasteiger charge is -2.35. The minimum absolute atomic E-state index is 0.0231. The van der Waals surface area contributed by atoms with E-state index in [2.05, 4.69) is 41.7 Å². The molecule has 154 valence electrons. The number of benzene rings is 2. The first kappa shape index (κ1) is 21.1. The van der Waals surface area contributed by atoms with Crippen LogP contribution in [0.5, 0.6) is 0 Å². The number of hydrogen-bond donors (Lipinski definition) is 1. The Kier molecular flexibility index (Phi) is 6.41. The monoisotopic (exact) mass is 392 g/mol. The third-order valence-corrected chi connectivity index (χ3v) is 5.67. The molecule has 4 heteroatoms. The quantitative estimate of drug-likeness (QED) is 0.811. The average Bonchev–Trinajstić information content (AvgIpc) is 2.73. The van der Waals surface area contributed by atoms with E-state index in [4.69, 9.17) is 0 Å². The van der Waals surface area contributed by atoms with Crippen LogP contribution < -0.4 is 5.32 Å². The van der Waals surface area contributed by atoms with Crippen molar-refractivity contribution in [3.63, 3.8) is 0 Å². The van der Waals surface area contributed by atoms with Gasteiger partial charge in [0.05, 0.1) is 6.04 Å². The Morgan fingerprint density at radius 1 is 0.931 bits per heavy atom. The zero-order valence-corrected chi connectivity index (χ0v) is 17.9. The van der Waals surface area contributed by atoms with Crippen LogP contribution >= 0.6 is 0 Å². The summed E-state index contributed by atoms with van der Waals surface area (Å²) in [6.45, 7) is 9.17. The fourth-order valence-corrected chi connectivity index (χ4v) is 3.83. The molecule has 0 aromatic heterocycles. The fraction of sp³-hybridized carbons (Fsp3) is 0.440. The third-order valence-electron chi connectivity index (χ3n) is 5.67. The number of rotatable bonds is 4. The maximum atomic E-state index is 12.7. The van der Waals surface area contributed by atoms with Crippen LogP contribution in [0.1, 0.15) is 52.1 Å². The molecular weight excluding hydrogens is 360 g/mol. The molecule has 1 N–H and O–H groups in total. The van der Waals surface area contributed by atoms with E-state index in [1.54, 1.807) is 0 Å². The molecule has 0 bridgehead atoms. The molecule has 2 aromatic carbocycles. The van der Waals surface area contributed by atoms with Crippen LogP contribution in [0, 0.1) is 11.3 Å². The highest BCUT2D eigenvalue weighted by molar-refractivity contribution is 5.83. The molecule has 2 aromatic rings. The molecule has 1 aliphatic heterocycles. The van der Waals surface area contributed by atoms with Gasteiger partial charge in [0.25, 0.3) is 0 Å². The predicted molar refractivity (Wildman–Crippen MR) is 117 cm³/mol. The van der Waals surface area contributed by atoms with E-state index in [0.29, 0.717) is 13.1 Å². The van der Waals surface area contributed by atoms with Crippen molar-refractivity contribution in [1.29, 1.82) is 0 Å². The summed E-state index contributed by atoms with van der Waals surface area (Å²) < 4.78 is 0. The molecule has 0 unspecified atom stereocenters. The molecule has 29 heavy (non-hydrogen) atoms. The highest BCUT2D eigenvalue weighted by Crippen LogP contribution is 2.25. The van der Waals surface area contributed by atoms with E-state index in [9.17, 15) is 9.59 Å². The van der Waals surface area contributed by atoms with Gasteiger partial charge >= 0.3 is 0 Å². The van der Waals surface area contributed by atoms with Gasteiger partial charge in [-0.2, -0.15) is 0 Å². The summed E-state index contributed by atoms with van der Waals surface area (Å²) >= 11 is 0. The normalized spacial score (nSPS) is 16.3. The van der Waals surface area contributed by atoms with Crippen molar-refractivity contribution < 1.29 is 9.59 Å². The summed E-state index contributed by atoms with van der Waals surface area (Å²) in [5, 5.41) is 3.16. The van der Waals surface area contributed by atoms with Gasteiger partial charge in [-0.25, -0.2) is 0 Å². The number of likely N-dealkylation sites (tertiary alicyclic amines) is 1. The zero-order chi connectivity index (χ0) is 21.0. The standard InChI is InChI=1S/C25H32N2O2/c1-18(19-10-12-21(13-11-19)20-8-6-5-7-9-20)26-23(28)22-14-16-27(17-15-22)24(29)25(2,3)4/h5-13,18,22H,14-17H2,1-4H3,(H,26,28)/t18-/m1/s1. The Balaban J connectivity index is 1.54. The molecule has 0 radical (unpaired) electrons. The van der Waals surface area contributed by atoms with Gasteiger partial charge in [-0.1, -0.05) is 75.4 Å². The van der Waals surface area contributed by atoms with E-state index in [0.717, 1.165) is 18.4 Å². The summed E-state index contributed by atoms with van der Waals surface area (Å²) in [7, 11) is 0. The Bertz CT molecular complexity index is 829. The number of hydrogen-bond acceptors (Lipinski definition) is 2. The second kappa shape index (κ2) is 8.81. The van der Waals surface area contributed by atoms with Crippen molar-refractivity contribution in [1.82, 2.24) is 10.2 Å². The predicted octanol–water partition coefficient (Wildman–Crippen LogP) is 4.82. The number of nitrogens with zero attached hydrogens (tertiary/aromatic N) is 1. The van der Waals surface area contributed by atoms with Gasteiger partial charge in [0.1, 0.15) is 0 Å². The summed E-state index contributed by atoms with van der Waals surface area (Å²) in [5.74, 6) is 0.237. The van der Waals surface area contributed by atoms with Crippen LogP contribution in [0.4, 0.5) is 0 Å². The molecule has 1 heterocycles.